The maximum Gasteiger partial charge on any atom is 0.185 e. The van der Waals surface area contributed by atoms with Crippen LogP contribution in [0.5, 0.6) is 0 Å². The zero-order valence-electron chi connectivity index (χ0n) is 11.3. The Balaban J connectivity index is 2.23. The van der Waals surface area contributed by atoms with E-state index >= 15 is 0 Å². The van der Waals surface area contributed by atoms with Crippen molar-refractivity contribution in [1.29, 1.82) is 0 Å². The van der Waals surface area contributed by atoms with E-state index in [1.54, 1.807) is 4.68 Å². The summed E-state index contributed by atoms with van der Waals surface area (Å²) in [5.41, 5.74) is 5.00. The Morgan fingerprint density at radius 3 is 2.22 bits per heavy atom. The predicted octanol–water partition coefficient (Wildman–Crippen LogP) is 2.77. The molecular weight excluding hydrogens is 224 g/mol. The van der Waals surface area contributed by atoms with Crippen LogP contribution in [-0.2, 0) is 13.5 Å². The van der Waals surface area contributed by atoms with Crippen LogP contribution in [0, 0.1) is 20.8 Å². The standard InChI is InChI=1S/C15H18N2O/c1-10-5-11(2)7-13(6-10)9-15(18)14-8-12(3)16-17(14)4/h5-8H,9H2,1-4H3. The van der Waals surface area contributed by atoms with Gasteiger partial charge < -0.3 is 0 Å². The van der Waals surface area contributed by atoms with Crippen molar-refractivity contribution in [2.45, 2.75) is 27.2 Å². The lowest BCUT2D eigenvalue weighted by Gasteiger charge is -2.05. The van der Waals surface area contributed by atoms with Crippen LogP contribution in [0.15, 0.2) is 24.3 Å². The van der Waals surface area contributed by atoms with Crippen LogP contribution in [0.3, 0.4) is 0 Å². The first-order valence-electron chi connectivity index (χ1n) is 6.07. The summed E-state index contributed by atoms with van der Waals surface area (Å²) in [6.45, 7) is 6.00. The third-order valence-corrected chi connectivity index (χ3v) is 2.93. The van der Waals surface area contributed by atoms with E-state index in [1.807, 2.05) is 20.0 Å². The van der Waals surface area contributed by atoms with Gasteiger partial charge in [0.15, 0.2) is 5.78 Å². The van der Waals surface area contributed by atoms with Gasteiger partial charge in [0, 0.05) is 13.5 Å². The number of benzene rings is 1. The summed E-state index contributed by atoms with van der Waals surface area (Å²) in [7, 11) is 1.81. The number of carbonyl (C=O) groups is 1. The number of aromatic nitrogens is 2. The van der Waals surface area contributed by atoms with Crippen LogP contribution in [0.2, 0.25) is 0 Å². The number of nitrogens with zero attached hydrogens (tertiary/aromatic N) is 2. The second kappa shape index (κ2) is 4.77. The van der Waals surface area contributed by atoms with Crippen molar-refractivity contribution in [1.82, 2.24) is 9.78 Å². The molecule has 0 atom stereocenters. The van der Waals surface area contributed by atoms with Crippen molar-refractivity contribution in [2.75, 3.05) is 0 Å². The van der Waals surface area contributed by atoms with E-state index in [1.165, 1.54) is 11.1 Å². The molecular formula is C15H18N2O. The van der Waals surface area contributed by atoms with E-state index < -0.39 is 0 Å². The molecule has 0 spiro atoms. The average molecular weight is 242 g/mol. The highest BCUT2D eigenvalue weighted by Gasteiger charge is 2.12. The van der Waals surface area contributed by atoms with Crippen LogP contribution in [0.1, 0.15) is 32.9 Å². The minimum absolute atomic E-state index is 0.114. The zero-order chi connectivity index (χ0) is 13.3. The lowest BCUT2D eigenvalue weighted by atomic mass is 10.0. The largest absolute Gasteiger partial charge is 0.292 e. The zero-order valence-corrected chi connectivity index (χ0v) is 11.3. The summed E-state index contributed by atoms with van der Waals surface area (Å²) >= 11 is 0. The molecule has 1 aromatic heterocycles. The van der Waals surface area contributed by atoms with Gasteiger partial charge in [0.2, 0.25) is 0 Å². The molecule has 0 aliphatic heterocycles. The molecule has 0 radical (unpaired) electrons. The Hall–Kier alpha value is -1.90. The molecule has 0 saturated carbocycles. The third kappa shape index (κ3) is 2.67. The topological polar surface area (TPSA) is 34.9 Å². The second-order valence-electron chi connectivity index (χ2n) is 4.89. The van der Waals surface area contributed by atoms with Gasteiger partial charge in [0.25, 0.3) is 0 Å². The molecule has 0 saturated heterocycles. The van der Waals surface area contributed by atoms with Crippen molar-refractivity contribution < 1.29 is 4.79 Å². The SMILES string of the molecule is Cc1cc(C)cc(CC(=O)c2cc(C)nn2C)c1. The number of Topliss-reactive ketones (excluding diaryl/α,β-unsaturated/α-hetero) is 1. The van der Waals surface area contributed by atoms with Gasteiger partial charge in [0.05, 0.1) is 5.69 Å². The lowest BCUT2D eigenvalue weighted by molar-refractivity contribution is 0.0984. The number of hydrogen-bond acceptors (Lipinski definition) is 2. The van der Waals surface area contributed by atoms with Crippen molar-refractivity contribution in [3.05, 3.63) is 52.3 Å². The molecule has 1 heterocycles. The summed E-state index contributed by atoms with van der Waals surface area (Å²) in [5.74, 6) is 0.114. The Bertz CT molecular complexity index is 576. The van der Waals surface area contributed by atoms with Crippen molar-refractivity contribution in [3.63, 3.8) is 0 Å². The van der Waals surface area contributed by atoms with E-state index in [0.717, 1.165) is 11.3 Å². The molecule has 3 heteroatoms. The minimum atomic E-state index is 0.114. The van der Waals surface area contributed by atoms with Crippen LogP contribution in [0.25, 0.3) is 0 Å². The smallest absolute Gasteiger partial charge is 0.185 e. The fraction of sp³-hybridized carbons (Fsp3) is 0.333. The van der Waals surface area contributed by atoms with Gasteiger partial charge in [-0.1, -0.05) is 29.3 Å². The molecule has 0 aliphatic carbocycles. The maximum absolute atomic E-state index is 12.2. The molecule has 0 amide bonds. The molecule has 0 fully saturated rings. The first-order valence-corrected chi connectivity index (χ1v) is 6.07. The van der Waals surface area contributed by atoms with Crippen LogP contribution in [0.4, 0.5) is 0 Å². The van der Waals surface area contributed by atoms with Crippen molar-refractivity contribution in [2.24, 2.45) is 7.05 Å². The maximum atomic E-state index is 12.2. The highest BCUT2D eigenvalue weighted by atomic mass is 16.1. The highest BCUT2D eigenvalue weighted by Crippen LogP contribution is 2.12. The van der Waals surface area contributed by atoms with E-state index in [4.69, 9.17) is 0 Å². The lowest BCUT2D eigenvalue weighted by Crippen LogP contribution is -2.09. The first kappa shape index (κ1) is 12.6. The quantitative estimate of drug-likeness (QED) is 0.776. The molecule has 0 N–H and O–H groups in total. The highest BCUT2D eigenvalue weighted by molar-refractivity contribution is 5.96. The monoisotopic (exact) mass is 242 g/mol. The molecule has 0 aliphatic rings. The number of carbonyl (C=O) groups excluding carboxylic acids is 1. The van der Waals surface area contributed by atoms with E-state index in [9.17, 15) is 4.79 Å². The van der Waals surface area contributed by atoms with E-state index in [-0.39, 0.29) is 5.78 Å². The first-order chi connectivity index (χ1) is 8.45. The summed E-state index contributed by atoms with van der Waals surface area (Å²) in [6.07, 6.45) is 0.432. The van der Waals surface area contributed by atoms with Gasteiger partial charge in [-0.2, -0.15) is 5.10 Å². The van der Waals surface area contributed by atoms with Crippen LogP contribution in [-0.4, -0.2) is 15.6 Å². The van der Waals surface area contributed by atoms with Gasteiger partial charge in [-0.25, -0.2) is 0 Å². The van der Waals surface area contributed by atoms with Gasteiger partial charge >= 0.3 is 0 Å². The molecule has 1 aromatic carbocycles. The Morgan fingerprint density at radius 1 is 1.11 bits per heavy atom. The second-order valence-corrected chi connectivity index (χ2v) is 4.89. The number of rotatable bonds is 3. The Kier molecular flexibility index (Phi) is 3.32. The Morgan fingerprint density at radius 2 is 1.72 bits per heavy atom. The number of hydrogen-bond donors (Lipinski definition) is 0. The van der Waals surface area contributed by atoms with Crippen LogP contribution < -0.4 is 0 Å². The normalized spacial score (nSPS) is 10.7. The number of ketones is 1. The molecule has 3 nitrogen and oxygen atoms in total. The molecule has 18 heavy (non-hydrogen) atoms. The van der Waals surface area contributed by atoms with E-state index in [2.05, 4.69) is 37.1 Å². The average Bonchev–Trinajstić information content (AvgIpc) is 2.56. The minimum Gasteiger partial charge on any atom is -0.292 e. The number of aryl methyl sites for hydroxylation is 4. The van der Waals surface area contributed by atoms with Gasteiger partial charge in [0.1, 0.15) is 5.69 Å². The van der Waals surface area contributed by atoms with Gasteiger partial charge in [-0.05, 0) is 32.4 Å². The van der Waals surface area contributed by atoms with Crippen LogP contribution >= 0.6 is 0 Å². The van der Waals surface area contributed by atoms with Crippen molar-refractivity contribution >= 4 is 5.78 Å². The third-order valence-electron chi connectivity index (χ3n) is 2.93. The predicted molar refractivity (Wildman–Crippen MR) is 71.9 cm³/mol. The molecule has 2 aromatic rings. The Labute approximate surface area is 107 Å². The van der Waals surface area contributed by atoms with Gasteiger partial charge in [-0.3, -0.25) is 9.48 Å². The molecule has 94 valence electrons. The summed E-state index contributed by atoms with van der Waals surface area (Å²) in [6, 6.07) is 8.08. The molecule has 0 bridgehead atoms. The summed E-state index contributed by atoms with van der Waals surface area (Å²) in [4.78, 5) is 12.2. The summed E-state index contributed by atoms with van der Waals surface area (Å²) in [5, 5.41) is 4.20. The molecule has 2 rings (SSSR count). The van der Waals surface area contributed by atoms with Crippen molar-refractivity contribution in [3.8, 4) is 0 Å². The molecule has 0 unspecified atom stereocenters. The fourth-order valence-electron chi connectivity index (χ4n) is 2.32. The fourth-order valence-corrected chi connectivity index (χ4v) is 2.32. The van der Waals surface area contributed by atoms with Gasteiger partial charge in [-0.15, -0.1) is 0 Å². The van der Waals surface area contributed by atoms with E-state index in [0.29, 0.717) is 12.1 Å². The summed E-state index contributed by atoms with van der Waals surface area (Å²) < 4.78 is 1.65.